The molecule has 3 aromatic carbocycles. The standard InChI is InChI=1S/C34H20Cl3F5N2O6/c1-12(45)13-2-5-15(6-3-13)43-29(47)17-8-7-16-19(21(17)30(43)48)11-33(36)31(49)44(28-26(41)24(39)23(38)25(40)27(28)42)32(50)34(33,37)22(16)18-10-14(35)4-9-20(18)46/h2-7,9-10,17,19,21-22,46H,8,11H2,1H3/t17-,19+,21-,22+,33+,34-/m0/s1. The number of alkyl halides is 2. The summed E-state index contributed by atoms with van der Waals surface area (Å²) in [6.45, 7) is 1.33. The molecule has 258 valence electrons. The molecule has 0 spiro atoms. The number of halogens is 8. The summed E-state index contributed by atoms with van der Waals surface area (Å²) in [7, 11) is 0. The summed E-state index contributed by atoms with van der Waals surface area (Å²) in [5.41, 5.74) is -1.53. The van der Waals surface area contributed by atoms with Crippen LogP contribution < -0.4 is 9.80 Å². The Kier molecular flexibility index (Phi) is 7.74. The SMILES string of the molecule is CC(=O)c1ccc(N2C(=O)[C@H]3[C@H](CC=C4[C@H]3C[C@@]3(Cl)C(=O)N(c5c(F)c(F)c(F)c(F)c5F)C(=O)[C@@]3(Cl)[C@H]4c3cc(Cl)ccc3O)C2=O)cc1. The highest BCUT2D eigenvalue weighted by Crippen LogP contribution is 2.67. The Morgan fingerprint density at radius 3 is 2.02 bits per heavy atom. The smallest absolute Gasteiger partial charge is 0.258 e. The normalized spacial score (nSPS) is 28.9. The Morgan fingerprint density at radius 1 is 0.820 bits per heavy atom. The number of ketones is 1. The lowest BCUT2D eigenvalue weighted by Gasteiger charge is -2.50. The minimum atomic E-state index is -2.81. The fourth-order valence-electron chi connectivity index (χ4n) is 7.77. The van der Waals surface area contributed by atoms with Crippen LogP contribution in [0, 0.1) is 46.8 Å². The van der Waals surface area contributed by atoms with Crippen molar-refractivity contribution >= 4 is 75.6 Å². The lowest BCUT2D eigenvalue weighted by atomic mass is 9.56. The topological polar surface area (TPSA) is 112 Å². The summed E-state index contributed by atoms with van der Waals surface area (Å²) in [4.78, 5) is 63.3. The zero-order valence-electron chi connectivity index (χ0n) is 25.2. The number of rotatable bonds is 4. The first kappa shape index (κ1) is 34.1. The highest BCUT2D eigenvalue weighted by Gasteiger charge is 2.77. The van der Waals surface area contributed by atoms with E-state index in [2.05, 4.69) is 0 Å². The number of anilines is 2. The number of nitrogens with zero attached hydrogens (tertiary/aromatic N) is 2. The van der Waals surface area contributed by atoms with E-state index in [0.717, 1.165) is 11.0 Å². The van der Waals surface area contributed by atoms with Crippen molar-refractivity contribution in [2.75, 3.05) is 9.80 Å². The second-order valence-electron chi connectivity index (χ2n) is 12.5. The third-order valence-electron chi connectivity index (χ3n) is 10.1. The van der Waals surface area contributed by atoms with Gasteiger partial charge >= 0.3 is 0 Å². The Morgan fingerprint density at radius 2 is 1.42 bits per heavy atom. The number of aromatic hydroxyl groups is 1. The highest BCUT2D eigenvalue weighted by molar-refractivity contribution is 6.58. The number of amides is 4. The van der Waals surface area contributed by atoms with Crippen molar-refractivity contribution in [2.45, 2.75) is 35.4 Å². The molecule has 1 N–H and O–H groups in total. The molecule has 0 radical (unpaired) electrons. The number of hydrogen-bond donors (Lipinski definition) is 1. The number of imide groups is 2. The van der Waals surface area contributed by atoms with Gasteiger partial charge in [-0.25, -0.2) is 26.9 Å². The van der Waals surface area contributed by atoms with E-state index in [1.54, 1.807) is 0 Å². The molecule has 2 aliphatic heterocycles. The van der Waals surface area contributed by atoms with E-state index in [4.69, 9.17) is 34.8 Å². The summed E-state index contributed by atoms with van der Waals surface area (Å²) in [6.07, 6.45) is 0.673. The predicted octanol–water partition coefficient (Wildman–Crippen LogP) is 6.71. The molecule has 2 saturated heterocycles. The van der Waals surface area contributed by atoms with Gasteiger partial charge in [-0.1, -0.05) is 23.3 Å². The zero-order valence-corrected chi connectivity index (χ0v) is 27.5. The van der Waals surface area contributed by atoms with Crippen molar-refractivity contribution in [3.05, 3.63) is 99.3 Å². The monoisotopic (exact) mass is 752 g/mol. The molecular formula is C34H20Cl3F5N2O6. The molecule has 4 amide bonds. The maximum Gasteiger partial charge on any atom is 0.258 e. The summed E-state index contributed by atoms with van der Waals surface area (Å²) < 4.78 is 73.1. The van der Waals surface area contributed by atoms with Crippen LogP contribution in [0.25, 0.3) is 0 Å². The van der Waals surface area contributed by atoms with Gasteiger partial charge in [0.1, 0.15) is 11.4 Å². The molecule has 3 aromatic rings. The number of carbonyl (C=O) groups excluding carboxylic acids is 5. The number of benzene rings is 3. The van der Waals surface area contributed by atoms with Crippen LogP contribution in [0.1, 0.15) is 41.6 Å². The molecule has 8 nitrogen and oxygen atoms in total. The first-order chi connectivity index (χ1) is 23.5. The van der Waals surface area contributed by atoms with E-state index >= 15 is 8.78 Å². The lowest BCUT2D eigenvalue weighted by molar-refractivity contribution is -0.125. The van der Waals surface area contributed by atoms with E-state index < -0.39 is 104 Å². The first-order valence-electron chi connectivity index (χ1n) is 14.9. The number of carbonyl (C=O) groups is 5. The van der Waals surface area contributed by atoms with E-state index in [1.165, 1.54) is 49.4 Å². The average molecular weight is 754 g/mol. The highest BCUT2D eigenvalue weighted by atomic mass is 35.5. The van der Waals surface area contributed by atoms with Crippen molar-refractivity contribution in [3.63, 3.8) is 0 Å². The van der Waals surface area contributed by atoms with Gasteiger partial charge in [0.05, 0.1) is 17.5 Å². The van der Waals surface area contributed by atoms with E-state index in [0.29, 0.717) is 5.56 Å². The van der Waals surface area contributed by atoms with Crippen LogP contribution in [-0.4, -0.2) is 44.3 Å². The van der Waals surface area contributed by atoms with Crippen LogP contribution in [0.2, 0.25) is 5.02 Å². The fourth-order valence-corrected chi connectivity index (χ4v) is 8.88. The summed E-state index contributed by atoms with van der Waals surface area (Å²) >= 11 is 20.4. The van der Waals surface area contributed by atoms with Gasteiger partial charge in [-0.15, -0.1) is 23.2 Å². The van der Waals surface area contributed by atoms with Gasteiger partial charge < -0.3 is 5.11 Å². The summed E-state index contributed by atoms with van der Waals surface area (Å²) in [5, 5.41) is 11.0. The molecule has 16 heteroatoms. The number of phenols is 1. The van der Waals surface area contributed by atoms with Crippen molar-refractivity contribution in [3.8, 4) is 5.75 Å². The van der Waals surface area contributed by atoms with Gasteiger partial charge in [0.25, 0.3) is 11.8 Å². The second-order valence-corrected chi connectivity index (χ2v) is 14.2. The minimum Gasteiger partial charge on any atom is -0.508 e. The Labute approximate surface area is 294 Å². The molecule has 2 heterocycles. The fraction of sp³-hybridized carbons (Fsp3) is 0.265. The largest absolute Gasteiger partial charge is 0.508 e. The molecule has 1 saturated carbocycles. The molecule has 50 heavy (non-hydrogen) atoms. The van der Waals surface area contributed by atoms with Gasteiger partial charge in [0.2, 0.25) is 17.6 Å². The van der Waals surface area contributed by atoms with Crippen LogP contribution in [-0.2, 0) is 19.2 Å². The minimum absolute atomic E-state index is 0.00431. The molecule has 0 unspecified atom stereocenters. The first-order valence-corrected chi connectivity index (χ1v) is 16.1. The molecular weight excluding hydrogens is 734 g/mol. The van der Waals surface area contributed by atoms with Gasteiger partial charge in [-0.3, -0.25) is 28.9 Å². The molecule has 4 aliphatic rings. The maximum atomic E-state index is 15.2. The quantitative estimate of drug-likeness (QED) is 0.0603. The predicted molar refractivity (Wildman–Crippen MR) is 168 cm³/mol. The Bertz CT molecular complexity index is 2120. The maximum absolute atomic E-state index is 15.2. The van der Waals surface area contributed by atoms with Crippen molar-refractivity contribution in [1.29, 1.82) is 0 Å². The van der Waals surface area contributed by atoms with E-state index in [9.17, 15) is 42.3 Å². The molecule has 3 fully saturated rings. The van der Waals surface area contributed by atoms with Crippen molar-refractivity contribution < 1.29 is 51.0 Å². The number of Topliss-reactive ketones (excluding diaryl/α,β-unsaturated/α-hetero) is 1. The third kappa shape index (κ3) is 4.32. The lowest BCUT2D eigenvalue weighted by Crippen LogP contribution is -2.60. The van der Waals surface area contributed by atoms with Crippen molar-refractivity contribution in [1.82, 2.24) is 0 Å². The molecule has 0 aromatic heterocycles. The Balaban J connectivity index is 1.42. The van der Waals surface area contributed by atoms with Crippen LogP contribution in [0.15, 0.2) is 54.1 Å². The molecule has 6 atom stereocenters. The Hall–Kier alpha value is -4.33. The number of allylic oxidation sites excluding steroid dienone is 2. The van der Waals surface area contributed by atoms with E-state index in [1.807, 2.05) is 0 Å². The van der Waals surface area contributed by atoms with E-state index in [-0.39, 0.29) is 39.0 Å². The average Bonchev–Trinajstić information content (AvgIpc) is 3.42. The third-order valence-corrected chi connectivity index (χ3v) is 11.7. The number of fused-ring (bicyclic) bond motifs is 4. The van der Waals surface area contributed by atoms with Gasteiger partial charge in [0.15, 0.2) is 38.8 Å². The van der Waals surface area contributed by atoms with Crippen LogP contribution in [0.3, 0.4) is 0 Å². The molecule has 0 bridgehead atoms. The second kappa shape index (κ2) is 11.3. The molecule has 7 rings (SSSR count). The van der Waals surface area contributed by atoms with Crippen LogP contribution in [0.5, 0.6) is 5.75 Å². The van der Waals surface area contributed by atoms with Gasteiger partial charge in [-0.2, -0.15) is 0 Å². The van der Waals surface area contributed by atoms with Crippen LogP contribution >= 0.6 is 34.8 Å². The van der Waals surface area contributed by atoms with Crippen LogP contribution in [0.4, 0.5) is 33.3 Å². The number of phenolic OH excluding ortho intramolecular Hbond substituents is 1. The number of hydrogen-bond acceptors (Lipinski definition) is 6. The molecule has 2 aliphatic carbocycles. The zero-order chi connectivity index (χ0) is 36.4. The van der Waals surface area contributed by atoms with Gasteiger partial charge in [-0.05, 0) is 68.1 Å². The summed E-state index contributed by atoms with van der Waals surface area (Å²) in [5.74, 6) is -23.1. The van der Waals surface area contributed by atoms with Gasteiger partial charge in [0, 0.05) is 22.1 Å². The van der Waals surface area contributed by atoms with Crippen molar-refractivity contribution in [2.24, 2.45) is 17.8 Å². The summed E-state index contributed by atoms with van der Waals surface area (Å²) in [6, 6.07) is 9.24.